The van der Waals surface area contributed by atoms with Gasteiger partial charge in [0.1, 0.15) is 22.7 Å². The minimum absolute atomic E-state index is 0.101. The van der Waals surface area contributed by atoms with Crippen LogP contribution in [0.2, 0.25) is 0 Å². The van der Waals surface area contributed by atoms with Gasteiger partial charge in [0.2, 0.25) is 5.95 Å². The van der Waals surface area contributed by atoms with Crippen molar-refractivity contribution >= 4 is 17.0 Å². The van der Waals surface area contributed by atoms with Crippen LogP contribution in [0.3, 0.4) is 0 Å². The molecule has 5 heterocycles. The number of halogens is 3. The van der Waals surface area contributed by atoms with E-state index < -0.39 is 11.9 Å². The number of aromatic nitrogens is 6. The highest BCUT2D eigenvalue weighted by molar-refractivity contribution is 5.89. The Morgan fingerprint density at radius 2 is 1.69 bits per heavy atom. The molecule has 0 atom stereocenters. The van der Waals surface area contributed by atoms with E-state index in [2.05, 4.69) is 24.9 Å². The molecule has 0 spiro atoms. The number of hydrogen-bond donors (Lipinski definition) is 0. The molecule has 0 amide bonds. The largest absolute Gasteiger partial charge is 0.433 e. The zero-order chi connectivity index (χ0) is 25.9. The van der Waals surface area contributed by atoms with Crippen LogP contribution in [0, 0.1) is 13.8 Å². The Balaban J connectivity index is 0.000000375. The van der Waals surface area contributed by atoms with E-state index >= 15 is 0 Å². The van der Waals surface area contributed by atoms with E-state index in [4.69, 9.17) is 4.74 Å². The van der Waals surface area contributed by atoms with E-state index in [1.54, 1.807) is 20.2 Å². The fraction of sp³-hybridized carbons (Fsp3) is 0.333. The highest BCUT2D eigenvalue weighted by atomic mass is 19.4. The quantitative estimate of drug-likeness (QED) is 0.414. The van der Waals surface area contributed by atoms with Gasteiger partial charge in [0.25, 0.3) is 5.56 Å². The molecule has 0 saturated carbocycles. The van der Waals surface area contributed by atoms with Gasteiger partial charge in [-0.1, -0.05) is 6.07 Å². The van der Waals surface area contributed by atoms with E-state index in [-0.39, 0.29) is 22.3 Å². The average molecular weight is 499 g/mol. The lowest BCUT2D eigenvalue weighted by Gasteiger charge is -2.27. The predicted molar refractivity (Wildman–Crippen MR) is 128 cm³/mol. The van der Waals surface area contributed by atoms with Crippen LogP contribution in [-0.4, -0.2) is 55.8 Å². The highest BCUT2D eigenvalue weighted by Crippen LogP contribution is 2.30. The molecule has 0 bridgehead atoms. The van der Waals surface area contributed by atoms with Crippen molar-refractivity contribution < 1.29 is 17.9 Å². The number of pyridine rings is 2. The molecule has 188 valence electrons. The van der Waals surface area contributed by atoms with E-state index in [0.717, 1.165) is 18.0 Å². The summed E-state index contributed by atoms with van der Waals surface area (Å²) in [5, 5.41) is 0. The summed E-state index contributed by atoms with van der Waals surface area (Å²) < 4.78 is 45.3. The standard InChI is InChI=1S/C18H17F3N6O2.C6H7N/c1-10-23-14-13(11-3-4-12(22-9-11)18(19,20)21)24-17(27-5-7-29-8-6-27)25-15(14)16(28)26(10)2;1-6-4-2-3-5-7-6/h3-4,9H,5-8H2,1-2H3;2-5H,1H3. The molecule has 1 fully saturated rings. The number of hydrogen-bond acceptors (Lipinski definition) is 8. The zero-order valence-electron chi connectivity index (χ0n) is 20.0. The summed E-state index contributed by atoms with van der Waals surface area (Å²) in [5.41, 5.74) is 0.619. The Bertz CT molecular complexity index is 1400. The van der Waals surface area contributed by atoms with Crippen LogP contribution in [0.4, 0.5) is 19.1 Å². The maximum Gasteiger partial charge on any atom is 0.433 e. The summed E-state index contributed by atoms with van der Waals surface area (Å²) in [7, 11) is 1.58. The average Bonchev–Trinajstić information content (AvgIpc) is 2.88. The van der Waals surface area contributed by atoms with Gasteiger partial charge in [-0.25, -0.2) is 15.0 Å². The zero-order valence-corrected chi connectivity index (χ0v) is 20.0. The minimum atomic E-state index is -4.55. The van der Waals surface area contributed by atoms with E-state index in [9.17, 15) is 18.0 Å². The van der Waals surface area contributed by atoms with Gasteiger partial charge in [-0.3, -0.25) is 19.3 Å². The molecule has 0 aromatic carbocycles. The summed E-state index contributed by atoms with van der Waals surface area (Å²) in [4.78, 5) is 35.5. The molecule has 0 radical (unpaired) electrons. The molecular formula is C24H24F3N7O2. The second-order valence-corrected chi connectivity index (χ2v) is 8.09. The summed E-state index contributed by atoms with van der Waals surface area (Å²) in [6.45, 7) is 5.68. The van der Waals surface area contributed by atoms with E-state index in [1.165, 1.54) is 10.6 Å². The SMILES string of the molecule is Cc1ccccn1.Cc1nc2c(-c3ccc(C(F)(F)F)nc3)nc(N3CCOCC3)nc2c(=O)n1C. The second-order valence-electron chi connectivity index (χ2n) is 8.09. The summed E-state index contributed by atoms with van der Waals surface area (Å²) in [6.07, 6.45) is -1.67. The number of alkyl halides is 3. The third-order valence-electron chi connectivity index (χ3n) is 5.57. The van der Waals surface area contributed by atoms with Gasteiger partial charge in [-0.05, 0) is 38.1 Å². The number of rotatable bonds is 2. The first-order valence-electron chi connectivity index (χ1n) is 11.1. The molecule has 0 aliphatic carbocycles. The van der Waals surface area contributed by atoms with Crippen LogP contribution in [0.25, 0.3) is 22.3 Å². The van der Waals surface area contributed by atoms with Gasteiger partial charge in [0, 0.05) is 43.8 Å². The Labute approximate surface area is 204 Å². The molecule has 9 nitrogen and oxygen atoms in total. The third-order valence-corrected chi connectivity index (χ3v) is 5.57. The fourth-order valence-corrected chi connectivity index (χ4v) is 3.50. The first-order chi connectivity index (χ1) is 17.1. The third kappa shape index (κ3) is 5.48. The van der Waals surface area contributed by atoms with Crippen molar-refractivity contribution in [3.63, 3.8) is 0 Å². The number of fused-ring (bicyclic) bond motifs is 1. The number of ether oxygens (including phenoxy) is 1. The second kappa shape index (κ2) is 10.4. The molecule has 1 saturated heterocycles. The van der Waals surface area contributed by atoms with Crippen molar-refractivity contribution in [2.45, 2.75) is 20.0 Å². The van der Waals surface area contributed by atoms with Crippen molar-refractivity contribution in [1.29, 1.82) is 0 Å². The number of anilines is 1. The Kier molecular flexibility index (Phi) is 7.25. The Hall–Kier alpha value is -3.93. The van der Waals surface area contributed by atoms with Gasteiger partial charge in [-0.2, -0.15) is 13.2 Å². The summed E-state index contributed by atoms with van der Waals surface area (Å²) in [5.74, 6) is 0.741. The van der Waals surface area contributed by atoms with Crippen LogP contribution in [0.1, 0.15) is 17.2 Å². The normalized spacial score (nSPS) is 13.9. The van der Waals surface area contributed by atoms with Gasteiger partial charge < -0.3 is 9.64 Å². The lowest BCUT2D eigenvalue weighted by Crippen LogP contribution is -2.37. The van der Waals surface area contributed by atoms with Crippen molar-refractivity contribution in [2.75, 3.05) is 31.2 Å². The minimum Gasteiger partial charge on any atom is -0.378 e. The smallest absolute Gasteiger partial charge is 0.378 e. The Morgan fingerprint density at radius 3 is 2.25 bits per heavy atom. The maximum atomic E-state index is 12.9. The van der Waals surface area contributed by atoms with E-state index in [1.807, 2.05) is 30.0 Å². The van der Waals surface area contributed by atoms with Gasteiger partial charge in [0.15, 0.2) is 5.52 Å². The molecule has 1 aliphatic rings. The highest BCUT2D eigenvalue weighted by Gasteiger charge is 2.32. The van der Waals surface area contributed by atoms with Crippen LogP contribution < -0.4 is 10.5 Å². The van der Waals surface area contributed by atoms with E-state index in [0.29, 0.717) is 43.6 Å². The first kappa shape index (κ1) is 25.2. The molecule has 12 heteroatoms. The van der Waals surface area contributed by atoms with Gasteiger partial charge in [0.05, 0.1) is 13.2 Å². The van der Waals surface area contributed by atoms with Crippen LogP contribution in [-0.2, 0) is 18.0 Å². The lowest BCUT2D eigenvalue weighted by atomic mass is 10.1. The van der Waals surface area contributed by atoms with Gasteiger partial charge >= 0.3 is 6.18 Å². The molecule has 4 aromatic rings. The number of nitrogens with zero attached hydrogens (tertiary/aromatic N) is 7. The maximum absolute atomic E-state index is 12.9. The van der Waals surface area contributed by atoms with Crippen LogP contribution in [0.15, 0.2) is 47.5 Å². The predicted octanol–water partition coefficient (Wildman–Crippen LogP) is 3.34. The molecule has 0 unspecified atom stereocenters. The molecule has 4 aromatic heterocycles. The van der Waals surface area contributed by atoms with Crippen LogP contribution in [0.5, 0.6) is 0 Å². The van der Waals surface area contributed by atoms with Crippen molar-refractivity contribution in [2.24, 2.45) is 7.05 Å². The first-order valence-corrected chi connectivity index (χ1v) is 11.1. The molecular weight excluding hydrogens is 475 g/mol. The number of aryl methyl sites for hydroxylation is 2. The topological polar surface area (TPSA) is 98.9 Å². The van der Waals surface area contributed by atoms with Crippen molar-refractivity contribution in [3.8, 4) is 11.3 Å². The van der Waals surface area contributed by atoms with Gasteiger partial charge in [-0.15, -0.1) is 0 Å². The monoisotopic (exact) mass is 499 g/mol. The van der Waals surface area contributed by atoms with Crippen molar-refractivity contribution in [3.05, 3.63) is 70.3 Å². The lowest BCUT2D eigenvalue weighted by molar-refractivity contribution is -0.141. The van der Waals surface area contributed by atoms with Crippen LogP contribution >= 0.6 is 0 Å². The summed E-state index contributed by atoms with van der Waals surface area (Å²) >= 11 is 0. The molecule has 1 aliphatic heterocycles. The molecule has 0 N–H and O–H groups in total. The molecule has 36 heavy (non-hydrogen) atoms. The molecule has 5 rings (SSSR count). The number of morpholine rings is 1. The fourth-order valence-electron chi connectivity index (χ4n) is 3.50. The Morgan fingerprint density at radius 1 is 0.944 bits per heavy atom. The van der Waals surface area contributed by atoms with Crippen molar-refractivity contribution in [1.82, 2.24) is 29.5 Å². The summed E-state index contributed by atoms with van der Waals surface area (Å²) in [6, 6.07) is 8.01.